The third kappa shape index (κ3) is 5.72. The second kappa shape index (κ2) is 9.47. The van der Waals surface area contributed by atoms with Gasteiger partial charge < -0.3 is 5.32 Å². The van der Waals surface area contributed by atoms with Crippen LogP contribution in [-0.4, -0.2) is 35.6 Å². The van der Waals surface area contributed by atoms with Crippen LogP contribution in [0.5, 0.6) is 0 Å². The number of carbonyl (C=O) groups excluding carboxylic acids is 1. The van der Waals surface area contributed by atoms with Gasteiger partial charge in [-0.05, 0) is 24.6 Å². The first-order valence-corrected chi connectivity index (χ1v) is 11.5. The molecule has 0 aliphatic rings. The summed E-state index contributed by atoms with van der Waals surface area (Å²) >= 11 is 7.13. The standard InChI is InChI=1S/C18H18ClN5O4S2/c1-12-2-3-14(23-17(25)9-24-18(26)6-13(19)8-21-24)7-16(12)30(27,28)22-5-4-15-10-29-11-20-15/h2-3,6-8,10-11,22H,4-5,9H2,1H3,(H,23,25). The van der Waals surface area contributed by atoms with Crippen molar-refractivity contribution in [2.24, 2.45) is 0 Å². The average Bonchev–Trinajstić information content (AvgIpc) is 3.19. The molecule has 2 aromatic heterocycles. The SMILES string of the molecule is Cc1ccc(NC(=O)Cn2ncc(Cl)cc2=O)cc1S(=O)(=O)NCCc1cscn1. The second-order valence-corrected chi connectivity index (χ2v) is 9.22. The summed E-state index contributed by atoms with van der Waals surface area (Å²) in [5.74, 6) is -0.532. The number of nitrogens with one attached hydrogen (secondary N) is 2. The molecule has 0 radical (unpaired) electrons. The fourth-order valence-corrected chi connectivity index (χ4v) is 4.62. The lowest BCUT2D eigenvalue weighted by Crippen LogP contribution is -2.29. The van der Waals surface area contributed by atoms with Gasteiger partial charge in [-0.25, -0.2) is 22.8 Å². The van der Waals surface area contributed by atoms with Crippen molar-refractivity contribution in [2.75, 3.05) is 11.9 Å². The molecule has 12 heteroatoms. The maximum absolute atomic E-state index is 12.7. The molecule has 0 aliphatic carbocycles. The highest BCUT2D eigenvalue weighted by Gasteiger charge is 2.18. The Labute approximate surface area is 181 Å². The summed E-state index contributed by atoms with van der Waals surface area (Å²) in [7, 11) is -3.78. The van der Waals surface area contributed by atoms with Crippen molar-refractivity contribution in [1.29, 1.82) is 0 Å². The first kappa shape index (κ1) is 22.1. The van der Waals surface area contributed by atoms with E-state index in [1.54, 1.807) is 24.6 Å². The number of halogens is 1. The molecular weight excluding hydrogens is 450 g/mol. The van der Waals surface area contributed by atoms with E-state index in [9.17, 15) is 18.0 Å². The molecular formula is C18H18ClN5O4S2. The minimum atomic E-state index is -3.78. The van der Waals surface area contributed by atoms with Gasteiger partial charge >= 0.3 is 0 Å². The van der Waals surface area contributed by atoms with Crippen molar-refractivity contribution in [3.05, 3.63) is 68.0 Å². The molecule has 3 aromatic rings. The number of benzene rings is 1. The fraction of sp³-hybridized carbons (Fsp3) is 0.222. The smallest absolute Gasteiger partial charge is 0.268 e. The molecule has 158 valence electrons. The minimum absolute atomic E-state index is 0.0559. The third-order valence-corrected chi connectivity index (χ3v) is 6.49. The largest absolute Gasteiger partial charge is 0.324 e. The highest BCUT2D eigenvalue weighted by atomic mass is 35.5. The summed E-state index contributed by atoms with van der Waals surface area (Å²) in [5.41, 5.74) is 2.80. The summed E-state index contributed by atoms with van der Waals surface area (Å²) in [6, 6.07) is 5.70. The summed E-state index contributed by atoms with van der Waals surface area (Å²) in [4.78, 5) is 28.2. The minimum Gasteiger partial charge on any atom is -0.324 e. The van der Waals surface area contributed by atoms with Crippen LogP contribution >= 0.6 is 22.9 Å². The number of amides is 1. The van der Waals surface area contributed by atoms with E-state index in [0.29, 0.717) is 12.0 Å². The fourth-order valence-electron chi connectivity index (χ4n) is 2.59. The molecule has 0 atom stereocenters. The van der Waals surface area contributed by atoms with Gasteiger partial charge in [0.05, 0.1) is 27.3 Å². The predicted octanol–water partition coefficient (Wildman–Crippen LogP) is 1.82. The second-order valence-electron chi connectivity index (χ2n) is 6.33. The van der Waals surface area contributed by atoms with Crippen molar-refractivity contribution in [3.8, 4) is 0 Å². The molecule has 0 saturated carbocycles. The number of aryl methyl sites for hydroxylation is 1. The van der Waals surface area contributed by atoms with E-state index in [-0.39, 0.29) is 28.7 Å². The molecule has 0 unspecified atom stereocenters. The van der Waals surface area contributed by atoms with E-state index in [2.05, 4.69) is 20.1 Å². The number of rotatable bonds is 8. The van der Waals surface area contributed by atoms with Gasteiger partial charge in [-0.3, -0.25) is 9.59 Å². The van der Waals surface area contributed by atoms with Crippen molar-refractivity contribution in [3.63, 3.8) is 0 Å². The van der Waals surface area contributed by atoms with Gasteiger partial charge in [0, 0.05) is 30.1 Å². The first-order valence-electron chi connectivity index (χ1n) is 8.74. The van der Waals surface area contributed by atoms with E-state index in [0.717, 1.165) is 16.4 Å². The van der Waals surface area contributed by atoms with Gasteiger partial charge in [0.2, 0.25) is 15.9 Å². The van der Waals surface area contributed by atoms with Crippen molar-refractivity contribution in [1.82, 2.24) is 19.5 Å². The highest BCUT2D eigenvalue weighted by molar-refractivity contribution is 7.89. The molecule has 0 saturated heterocycles. The Kier molecular flexibility index (Phi) is 6.98. The van der Waals surface area contributed by atoms with Gasteiger partial charge in [-0.15, -0.1) is 11.3 Å². The van der Waals surface area contributed by atoms with Gasteiger partial charge in [0.25, 0.3) is 5.56 Å². The molecule has 0 aliphatic heterocycles. The van der Waals surface area contributed by atoms with E-state index >= 15 is 0 Å². The maximum atomic E-state index is 12.7. The monoisotopic (exact) mass is 467 g/mol. The Morgan fingerprint density at radius 3 is 2.80 bits per heavy atom. The van der Waals surface area contributed by atoms with Crippen LogP contribution in [0.2, 0.25) is 5.02 Å². The highest BCUT2D eigenvalue weighted by Crippen LogP contribution is 2.20. The Morgan fingerprint density at radius 1 is 1.30 bits per heavy atom. The molecule has 2 N–H and O–H groups in total. The van der Waals surface area contributed by atoms with Gasteiger partial charge in [0.1, 0.15) is 6.54 Å². The lowest BCUT2D eigenvalue weighted by molar-refractivity contribution is -0.117. The zero-order chi connectivity index (χ0) is 21.7. The number of nitrogens with zero attached hydrogens (tertiary/aromatic N) is 3. The van der Waals surface area contributed by atoms with Gasteiger partial charge in [-0.1, -0.05) is 17.7 Å². The Balaban J connectivity index is 1.69. The predicted molar refractivity (Wildman–Crippen MR) is 114 cm³/mol. The van der Waals surface area contributed by atoms with Crippen molar-refractivity contribution < 1.29 is 13.2 Å². The molecule has 9 nitrogen and oxygen atoms in total. The summed E-state index contributed by atoms with van der Waals surface area (Å²) in [5, 5.41) is 8.40. The van der Waals surface area contributed by atoms with E-state index in [1.165, 1.54) is 23.6 Å². The van der Waals surface area contributed by atoms with Crippen molar-refractivity contribution in [2.45, 2.75) is 24.8 Å². The molecule has 1 aromatic carbocycles. The van der Waals surface area contributed by atoms with E-state index < -0.39 is 21.5 Å². The molecule has 30 heavy (non-hydrogen) atoms. The number of aromatic nitrogens is 3. The van der Waals surface area contributed by atoms with Crippen LogP contribution in [-0.2, 0) is 27.8 Å². The van der Waals surface area contributed by atoms with Crippen molar-refractivity contribution >= 4 is 44.6 Å². The zero-order valence-electron chi connectivity index (χ0n) is 15.8. The molecule has 0 spiro atoms. The van der Waals surface area contributed by atoms with E-state index in [1.807, 2.05) is 5.38 Å². The lowest BCUT2D eigenvalue weighted by Gasteiger charge is -2.12. The third-order valence-electron chi connectivity index (χ3n) is 4.05. The Hall–Kier alpha value is -2.60. The van der Waals surface area contributed by atoms with Crippen LogP contribution in [0.3, 0.4) is 0 Å². The summed E-state index contributed by atoms with van der Waals surface area (Å²) in [6.45, 7) is 1.53. The Bertz CT molecular complexity index is 1210. The van der Waals surface area contributed by atoms with Crippen LogP contribution in [0.25, 0.3) is 0 Å². The van der Waals surface area contributed by atoms with Crippen LogP contribution < -0.4 is 15.6 Å². The normalized spacial score (nSPS) is 11.4. The number of sulfonamides is 1. The average molecular weight is 468 g/mol. The number of hydrogen-bond donors (Lipinski definition) is 2. The topological polar surface area (TPSA) is 123 Å². The quantitative estimate of drug-likeness (QED) is 0.521. The molecule has 0 fully saturated rings. The first-order chi connectivity index (χ1) is 14.2. The number of hydrogen-bond acceptors (Lipinski definition) is 7. The van der Waals surface area contributed by atoms with Crippen LogP contribution in [0.4, 0.5) is 5.69 Å². The summed E-state index contributed by atoms with van der Waals surface area (Å²) < 4.78 is 28.9. The van der Waals surface area contributed by atoms with Crippen LogP contribution in [0, 0.1) is 6.92 Å². The Morgan fingerprint density at radius 2 is 2.10 bits per heavy atom. The lowest BCUT2D eigenvalue weighted by atomic mass is 10.2. The number of carbonyl (C=O) groups is 1. The summed E-state index contributed by atoms with van der Waals surface area (Å²) in [6.07, 6.45) is 1.73. The molecule has 3 rings (SSSR count). The molecule has 0 bridgehead atoms. The van der Waals surface area contributed by atoms with Crippen LogP contribution in [0.15, 0.2) is 51.0 Å². The number of anilines is 1. The van der Waals surface area contributed by atoms with Crippen LogP contribution in [0.1, 0.15) is 11.3 Å². The number of thiazole rings is 1. The van der Waals surface area contributed by atoms with Gasteiger partial charge in [-0.2, -0.15) is 5.10 Å². The van der Waals surface area contributed by atoms with E-state index in [4.69, 9.17) is 11.6 Å². The maximum Gasteiger partial charge on any atom is 0.268 e. The molecule has 2 heterocycles. The molecule has 1 amide bonds. The zero-order valence-corrected chi connectivity index (χ0v) is 18.2. The van der Waals surface area contributed by atoms with Gasteiger partial charge in [0.15, 0.2) is 0 Å².